The van der Waals surface area contributed by atoms with Gasteiger partial charge in [0.25, 0.3) is 5.91 Å². The lowest BCUT2D eigenvalue weighted by molar-refractivity contribution is 0.0936. The molecule has 9 heteroatoms. The Labute approximate surface area is 138 Å². The summed E-state index contributed by atoms with van der Waals surface area (Å²) >= 11 is 0. The van der Waals surface area contributed by atoms with E-state index in [4.69, 9.17) is 0 Å². The summed E-state index contributed by atoms with van der Waals surface area (Å²) in [5.41, 5.74) is 0.738. The monoisotopic (exact) mass is 350 g/mol. The average molecular weight is 350 g/mol. The van der Waals surface area contributed by atoms with E-state index in [9.17, 15) is 17.6 Å². The Morgan fingerprint density at radius 1 is 1.21 bits per heavy atom. The van der Waals surface area contributed by atoms with Crippen molar-refractivity contribution in [1.29, 1.82) is 0 Å². The fourth-order valence-corrected chi connectivity index (χ4v) is 4.07. The summed E-state index contributed by atoms with van der Waals surface area (Å²) in [6, 6.07) is 6.74. The Morgan fingerprint density at radius 3 is 2.62 bits per heavy atom. The van der Waals surface area contributed by atoms with Gasteiger partial charge in [0.2, 0.25) is 0 Å². The maximum absolute atomic E-state index is 12.9. The Bertz CT molecular complexity index is 855. The Kier molecular flexibility index (Phi) is 4.43. The zero-order valence-corrected chi connectivity index (χ0v) is 13.4. The first-order valence-corrected chi connectivity index (χ1v) is 9.09. The highest BCUT2D eigenvalue weighted by Gasteiger charge is 2.29. The van der Waals surface area contributed by atoms with E-state index in [0.717, 1.165) is 0 Å². The molecule has 1 amide bonds. The maximum Gasteiger partial charge on any atom is 0.270 e. The van der Waals surface area contributed by atoms with Gasteiger partial charge in [-0.15, -0.1) is 0 Å². The molecule has 0 spiro atoms. The van der Waals surface area contributed by atoms with Crippen LogP contribution in [0.15, 0.2) is 36.7 Å². The standard InChI is InChI=1S/C15H15FN4O3S/c16-10-1-3-11(4-2-10)19-14-7-13(17-9-18-14)15(21)20-12-5-6-24(22,23)8-12/h1-4,7,9,12H,5-6,8H2,(H,20,21)(H,17,18,19). The molecule has 2 heterocycles. The van der Waals surface area contributed by atoms with Gasteiger partial charge in [-0.25, -0.2) is 22.8 Å². The highest BCUT2D eigenvalue weighted by atomic mass is 32.2. The summed E-state index contributed by atoms with van der Waals surface area (Å²) in [5.74, 6) is -0.402. The first kappa shape index (κ1) is 16.3. The van der Waals surface area contributed by atoms with E-state index in [-0.39, 0.29) is 23.0 Å². The molecule has 1 aromatic heterocycles. The van der Waals surface area contributed by atoms with Gasteiger partial charge in [-0.05, 0) is 30.7 Å². The number of nitrogens with zero attached hydrogens (tertiary/aromatic N) is 2. The number of carbonyl (C=O) groups is 1. The summed E-state index contributed by atoms with van der Waals surface area (Å²) in [7, 11) is -3.07. The Balaban J connectivity index is 1.68. The number of rotatable bonds is 4. The van der Waals surface area contributed by atoms with Crippen LogP contribution in [0.3, 0.4) is 0 Å². The zero-order valence-electron chi connectivity index (χ0n) is 12.6. The minimum Gasteiger partial charge on any atom is -0.347 e. The summed E-state index contributed by atoms with van der Waals surface area (Å²) in [4.78, 5) is 20.1. The Morgan fingerprint density at radius 2 is 1.96 bits per heavy atom. The fraction of sp³-hybridized carbons (Fsp3) is 0.267. The molecule has 1 aliphatic heterocycles. The summed E-state index contributed by atoms with van der Waals surface area (Å²) in [5, 5.41) is 5.60. The van der Waals surface area contributed by atoms with Crippen LogP contribution < -0.4 is 10.6 Å². The molecule has 1 unspecified atom stereocenters. The van der Waals surface area contributed by atoms with Crippen LogP contribution in [0.1, 0.15) is 16.9 Å². The van der Waals surface area contributed by atoms with Gasteiger partial charge in [-0.2, -0.15) is 0 Å². The number of sulfone groups is 1. The lowest BCUT2D eigenvalue weighted by atomic mass is 10.2. The van der Waals surface area contributed by atoms with Crippen molar-refractivity contribution in [2.24, 2.45) is 0 Å². The third kappa shape index (κ3) is 4.05. The molecule has 1 aromatic carbocycles. The van der Waals surface area contributed by atoms with Gasteiger partial charge >= 0.3 is 0 Å². The van der Waals surface area contributed by atoms with Crippen molar-refractivity contribution in [2.75, 3.05) is 16.8 Å². The van der Waals surface area contributed by atoms with E-state index >= 15 is 0 Å². The number of hydrogen-bond donors (Lipinski definition) is 2. The second kappa shape index (κ2) is 6.52. The third-order valence-corrected chi connectivity index (χ3v) is 5.35. The molecule has 1 atom stereocenters. The molecule has 1 saturated heterocycles. The topological polar surface area (TPSA) is 101 Å². The molecular weight excluding hydrogens is 335 g/mol. The second-order valence-corrected chi connectivity index (χ2v) is 7.72. The predicted molar refractivity (Wildman–Crippen MR) is 86.2 cm³/mol. The number of nitrogens with one attached hydrogen (secondary N) is 2. The van der Waals surface area contributed by atoms with Crippen molar-refractivity contribution in [3.8, 4) is 0 Å². The van der Waals surface area contributed by atoms with E-state index in [2.05, 4.69) is 20.6 Å². The van der Waals surface area contributed by atoms with Crippen LogP contribution in [0.5, 0.6) is 0 Å². The molecule has 0 radical (unpaired) electrons. The maximum atomic E-state index is 12.9. The smallest absolute Gasteiger partial charge is 0.270 e. The first-order chi connectivity index (χ1) is 11.4. The lowest BCUT2D eigenvalue weighted by Gasteiger charge is -2.11. The largest absolute Gasteiger partial charge is 0.347 e. The fourth-order valence-electron chi connectivity index (χ4n) is 2.40. The number of halogens is 1. The number of hydrogen-bond acceptors (Lipinski definition) is 6. The minimum atomic E-state index is -3.07. The van der Waals surface area contributed by atoms with E-state index in [1.54, 1.807) is 12.1 Å². The molecule has 3 rings (SSSR count). The van der Waals surface area contributed by atoms with Gasteiger partial charge in [-0.3, -0.25) is 4.79 Å². The molecule has 1 aliphatic rings. The van der Waals surface area contributed by atoms with Crippen LogP contribution in [-0.4, -0.2) is 41.8 Å². The van der Waals surface area contributed by atoms with Crippen molar-refractivity contribution in [3.63, 3.8) is 0 Å². The van der Waals surface area contributed by atoms with Crippen LogP contribution in [-0.2, 0) is 9.84 Å². The number of amides is 1. The van der Waals surface area contributed by atoms with Gasteiger partial charge in [-0.1, -0.05) is 0 Å². The van der Waals surface area contributed by atoms with Gasteiger partial charge in [0.15, 0.2) is 9.84 Å². The number of aromatic nitrogens is 2. The van der Waals surface area contributed by atoms with Gasteiger partial charge < -0.3 is 10.6 Å². The van der Waals surface area contributed by atoms with Gasteiger partial charge in [0, 0.05) is 17.8 Å². The average Bonchev–Trinajstić information content (AvgIpc) is 2.88. The molecule has 0 aliphatic carbocycles. The lowest BCUT2D eigenvalue weighted by Crippen LogP contribution is -2.36. The van der Waals surface area contributed by atoms with E-state index in [0.29, 0.717) is 17.9 Å². The molecule has 2 aromatic rings. The van der Waals surface area contributed by atoms with Crippen LogP contribution >= 0.6 is 0 Å². The van der Waals surface area contributed by atoms with Crippen LogP contribution in [0.2, 0.25) is 0 Å². The van der Waals surface area contributed by atoms with Crippen LogP contribution in [0.25, 0.3) is 0 Å². The molecule has 126 valence electrons. The quantitative estimate of drug-likeness (QED) is 0.861. The zero-order chi connectivity index (χ0) is 17.2. The highest BCUT2D eigenvalue weighted by molar-refractivity contribution is 7.91. The third-order valence-electron chi connectivity index (χ3n) is 3.58. The number of benzene rings is 1. The van der Waals surface area contributed by atoms with Crippen LogP contribution in [0, 0.1) is 5.82 Å². The van der Waals surface area contributed by atoms with Crippen molar-refractivity contribution in [3.05, 3.63) is 48.2 Å². The first-order valence-electron chi connectivity index (χ1n) is 7.27. The van der Waals surface area contributed by atoms with E-state index in [1.165, 1.54) is 24.5 Å². The molecule has 7 nitrogen and oxygen atoms in total. The highest BCUT2D eigenvalue weighted by Crippen LogP contribution is 2.16. The molecule has 1 fully saturated rings. The molecule has 0 bridgehead atoms. The summed E-state index contributed by atoms with van der Waals surface area (Å²) in [6.45, 7) is 0. The number of carbonyl (C=O) groups excluding carboxylic acids is 1. The molecule has 24 heavy (non-hydrogen) atoms. The second-order valence-electron chi connectivity index (χ2n) is 5.49. The summed E-state index contributed by atoms with van der Waals surface area (Å²) in [6.07, 6.45) is 1.63. The van der Waals surface area contributed by atoms with Crippen molar-refractivity contribution in [1.82, 2.24) is 15.3 Å². The number of anilines is 2. The molecule has 0 saturated carbocycles. The van der Waals surface area contributed by atoms with E-state index < -0.39 is 21.8 Å². The molecule has 2 N–H and O–H groups in total. The summed E-state index contributed by atoms with van der Waals surface area (Å²) < 4.78 is 35.7. The SMILES string of the molecule is O=C(NC1CCS(=O)(=O)C1)c1cc(Nc2ccc(F)cc2)ncn1. The van der Waals surface area contributed by atoms with Crippen molar-refractivity contribution >= 4 is 27.2 Å². The predicted octanol–water partition coefficient (Wildman–Crippen LogP) is 1.28. The Hall–Kier alpha value is -2.55. The van der Waals surface area contributed by atoms with Crippen molar-refractivity contribution < 1.29 is 17.6 Å². The van der Waals surface area contributed by atoms with Crippen molar-refractivity contribution in [2.45, 2.75) is 12.5 Å². The van der Waals surface area contributed by atoms with Gasteiger partial charge in [0.05, 0.1) is 11.5 Å². The van der Waals surface area contributed by atoms with E-state index in [1.807, 2.05) is 0 Å². The molecular formula is C15H15FN4O3S. The normalized spacial score (nSPS) is 19.0. The van der Waals surface area contributed by atoms with Gasteiger partial charge in [0.1, 0.15) is 23.7 Å². The van der Waals surface area contributed by atoms with Crippen LogP contribution in [0.4, 0.5) is 15.9 Å². The minimum absolute atomic E-state index is 0.0511.